The van der Waals surface area contributed by atoms with E-state index in [-0.39, 0.29) is 0 Å². The molecular weight excluding hydrogens is 148 g/mol. The van der Waals surface area contributed by atoms with Crippen LogP contribution in [0.2, 0.25) is 0 Å². The minimum atomic E-state index is 0.379. The van der Waals surface area contributed by atoms with Crippen LogP contribution in [0.1, 0.15) is 5.69 Å². The number of pyridine rings is 1. The molecule has 0 bridgehead atoms. The van der Waals surface area contributed by atoms with Gasteiger partial charge in [-0.2, -0.15) is 0 Å². The molecule has 0 unspecified atom stereocenters. The molecule has 0 atom stereocenters. The van der Waals surface area contributed by atoms with Gasteiger partial charge in [-0.25, -0.2) is 4.21 Å². The van der Waals surface area contributed by atoms with E-state index in [1.165, 1.54) is 0 Å². The summed E-state index contributed by atoms with van der Waals surface area (Å²) in [5, 5.41) is 0. The van der Waals surface area contributed by atoms with E-state index < -0.39 is 0 Å². The van der Waals surface area contributed by atoms with Crippen molar-refractivity contribution >= 4 is 16.9 Å². The van der Waals surface area contributed by atoms with E-state index in [0.717, 1.165) is 5.69 Å². The van der Waals surface area contributed by atoms with Crippen molar-refractivity contribution in [2.24, 2.45) is 0 Å². The highest BCUT2D eigenvalue weighted by Gasteiger charge is 1.88. The maximum atomic E-state index is 10.3. The van der Waals surface area contributed by atoms with Crippen molar-refractivity contribution in [1.82, 2.24) is 4.98 Å². The maximum Gasteiger partial charge on any atom is 0.157 e. The highest BCUT2D eigenvalue weighted by Crippen LogP contribution is 2.00. The molecule has 1 aromatic rings. The van der Waals surface area contributed by atoms with Crippen LogP contribution in [-0.2, 0) is 11.3 Å². The lowest BCUT2D eigenvalue weighted by Gasteiger charge is -1.93. The Balaban J connectivity index is 3.52. The second-order valence-corrected chi connectivity index (χ2v) is 2.58. The average Bonchev–Trinajstić information content (AvgIpc) is 1.94. The predicted octanol–water partition coefficient (Wildman–Crippen LogP) is 0.650. The first-order chi connectivity index (χ1) is 4.74. The monoisotopic (exact) mass is 156 g/mol. The Bertz CT molecular complexity index is 325. The second kappa shape index (κ2) is 2.70. The van der Waals surface area contributed by atoms with E-state index in [4.69, 9.17) is 5.73 Å². The second-order valence-electron chi connectivity index (χ2n) is 2.01. The SMILES string of the molecule is Cc1ccc(N)c(=S=O)[nH]1. The summed E-state index contributed by atoms with van der Waals surface area (Å²) in [6.07, 6.45) is 0. The van der Waals surface area contributed by atoms with Crippen molar-refractivity contribution in [2.75, 3.05) is 5.73 Å². The molecule has 0 aliphatic carbocycles. The Morgan fingerprint density at radius 3 is 2.80 bits per heavy atom. The van der Waals surface area contributed by atoms with Gasteiger partial charge in [0.25, 0.3) is 0 Å². The number of rotatable bonds is 0. The predicted molar refractivity (Wildman–Crippen MR) is 41.3 cm³/mol. The molecule has 0 aliphatic heterocycles. The fourth-order valence-electron chi connectivity index (χ4n) is 0.652. The zero-order valence-electron chi connectivity index (χ0n) is 5.55. The third kappa shape index (κ3) is 1.27. The van der Waals surface area contributed by atoms with Crippen molar-refractivity contribution in [3.05, 3.63) is 22.5 Å². The molecule has 0 radical (unpaired) electrons. The van der Waals surface area contributed by atoms with E-state index in [9.17, 15) is 4.21 Å². The molecule has 10 heavy (non-hydrogen) atoms. The third-order valence-corrected chi connectivity index (χ3v) is 1.67. The van der Waals surface area contributed by atoms with Crippen molar-refractivity contribution in [3.63, 3.8) is 0 Å². The number of aromatic amines is 1. The molecule has 54 valence electrons. The van der Waals surface area contributed by atoms with Gasteiger partial charge >= 0.3 is 0 Å². The Hall–Kier alpha value is -1.03. The number of hydrogen-bond acceptors (Lipinski definition) is 2. The summed E-state index contributed by atoms with van der Waals surface area (Å²) in [4.78, 5) is 2.85. The van der Waals surface area contributed by atoms with Crippen molar-refractivity contribution in [1.29, 1.82) is 0 Å². The molecule has 1 heterocycles. The Labute approximate surface area is 62.0 Å². The van der Waals surface area contributed by atoms with Gasteiger partial charge in [0.15, 0.2) is 4.64 Å². The number of H-pyrrole nitrogens is 1. The first-order valence-electron chi connectivity index (χ1n) is 2.82. The molecule has 3 nitrogen and oxygen atoms in total. The van der Waals surface area contributed by atoms with Gasteiger partial charge in [0.2, 0.25) is 0 Å². The Morgan fingerprint density at radius 1 is 1.60 bits per heavy atom. The summed E-state index contributed by atoms with van der Waals surface area (Å²) >= 11 is 0.379. The summed E-state index contributed by atoms with van der Waals surface area (Å²) < 4.78 is 10.8. The number of aryl methyl sites for hydroxylation is 1. The van der Waals surface area contributed by atoms with Crippen LogP contribution in [0.25, 0.3) is 0 Å². The summed E-state index contributed by atoms with van der Waals surface area (Å²) in [6, 6.07) is 3.54. The van der Waals surface area contributed by atoms with Crippen LogP contribution in [-0.4, -0.2) is 9.19 Å². The van der Waals surface area contributed by atoms with Gasteiger partial charge in [0, 0.05) is 5.69 Å². The average molecular weight is 156 g/mol. The third-order valence-electron chi connectivity index (χ3n) is 1.17. The van der Waals surface area contributed by atoms with Crippen LogP contribution in [0.5, 0.6) is 0 Å². The molecular formula is C6H8N2OS. The minimum Gasteiger partial charge on any atom is -0.396 e. The van der Waals surface area contributed by atoms with Gasteiger partial charge in [-0.05, 0) is 19.1 Å². The molecule has 0 fully saturated rings. The lowest BCUT2D eigenvalue weighted by molar-refractivity contribution is 0.699. The minimum absolute atomic E-state index is 0.379. The summed E-state index contributed by atoms with van der Waals surface area (Å²) in [7, 11) is 0. The first-order valence-corrected chi connectivity index (χ1v) is 3.56. The van der Waals surface area contributed by atoms with Gasteiger partial charge in [-0.15, -0.1) is 0 Å². The molecule has 0 saturated carbocycles. The van der Waals surface area contributed by atoms with Crippen LogP contribution < -0.4 is 5.73 Å². The van der Waals surface area contributed by atoms with Gasteiger partial charge < -0.3 is 10.7 Å². The lowest BCUT2D eigenvalue weighted by Crippen LogP contribution is -1.90. The molecule has 1 rings (SSSR count). The normalized spacial score (nSPS) is 9.30. The molecule has 0 aliphatic rings. The summed E-state index contributed by atoms with van der Waals surface area (Å²) in [6.45, 7) is 1.87. The fourth-order valence-corrected chi connectivity index (χ4v) is 1.02. The number of aromatic nitrogens is 1. The topological polar surface area (TPSA) is 58.9 Å². The fraction of sp³-hybridized carbons (Fsp3) is 0.167. The maximum absolute atomic E-state index is 10.3. The number of nitrogen functional groups attached to an aromatic ring is 1. The Kier molecular flexibility index (Phi) is 1.91. The molecule has 4 heteroatoms. The number of nitrogens with two attached hydrogens (primary N) is 1. The first kappa shape index (κ1) is 7.08. The smallest absolute Gasteiger partial charge is 0.157 e. The number of anilines is 1. The van der Waals surface area contributed by atoms with E-state index in [1.807, 2.05) is 13.0 Å². The van der Waals surface area contributed by atoms with Gasteiger partial charge in [0.05, 0.1) is 5.69 Å². The van der Waals surface area contributed by atoms with Crippen LogP contribution in [0.3, 0.4) is 0 Å². The Morgan fingerprint density at radius 2 is 2.30 bits per heavy atom. The molecule has 0 saturated heterocycles. The number of nitrogens with one attached hydrogen (secondary N) is 1. The van der Waals surface area contributed by atoms with Crippen LogP contribution in [0.4, 0.5) is 5.69 Å². The standard InChI is InChI=1S/C6H8N2OS/c1-4-2-3-5(7)6(8-4)10-9/h2-3,8H,7H2,1H3. The van der Waals surface area contributed by atoms with Gasteiger partial charge in [0.1, 0.15) is 11.3 Å². The van der Waals surface area contributed by atoms with Crippen molar-refractivity contribution in [3.8, 4) is 0 Å². The van der Waals surface area contributed by atoms with Gasteiger partial charge in [-0.1, -0.05) is 0 Å². The molecule has 0 aromatic carbocycles. The van der Waals surface area contributed by atoms with Crippen LogP contribution in [0, 0.1) is 11.6 Å². The zero-order valence-corrected chi connectivity index (χ0v) is 6.37. The highest BCUT2D eigenvalue weighted by atomic mass is 32.1. The molecule has 3 N–H and O–H groups in total. The molecule has 0 spiro atoms. The van der Waals surface area contributed by atoms with Crippen LogP contribution in [0.15, 0.2) is 12.1 Å². The van der Waals surface area contributed by atoms with Crippen LogP contribution >= 0.6 is 0 Å². The van der Waals surface area contributed by atoms with Crippen molar-refractivity contribution in [2.45, 2.75) is 6.92 Å². The number of hydrogen-bond donors (Lipinski definition) is 2. The largest absolute Gasteiger partial charge is 0.396 e. The lowest BCUT2D eigenvalue weighted by atomic mass is 10.4. The van der Waals surface area contributed by atoms with Gasteiger partial charge in [-0.3, -0.25) is 0 Å². The van der Waals surface area contributed by atoms with E-state index in [1.54, 1.807) is 6.07 Å². The van der Waals surface area contributed by atoms with E-state index in [0.29, 0.717) is 21.6 Å². The van der Waals surface area contributed by atoms with E-state index in [2.05, 4.69) is 4.98 Å². The summed E-state index contributed by atoms with van der Waals surface area (Å²) in [5.41, 5.74) is 6.89. The summed E-state index contributed by atoms with van der Waals surface area (Å²) in [5.74, 6) is 0. The molecule has 0 amide bonds. The highest BCUT2D eigenvalue weighted by molar-refractivity contribution is 7.56. The quantitative estimate of drug-likeness (QED) is 0.542. The molecule has 1 aromatic heterocycles. The van der Waals surface area contributed by atoms with Crippen molar-refractivity contribution < 1.29 is 4.21 Å². The van der Waals surface area contributed by atoms with E-state index >= 15 is 0 Å². The zero-order chi connectivity index (χ0) is 7.56.